The molecular formula is C26H36N2O2. The molecule has 162 valence electrons. The van der Waals surface area contributed by atoms with Crippen LogP contribution in [0.4, 0.5) is 0 Å². The molecule has 2 aromatic rings. The zero-order valence-electron chi connectivity index (χ0n) is 18.1. The SMILES string of the molecule is OC(COCc1ccc(-c2ccccc2)cc1)CN1CCN(C2CCCCC2)CC1. The van der Waals surface area contributed by atoms with E-state index in [1.54, 1.807) is 0 Å². The third-order valence-electron chi connectivity index (χ3n) is 6.61. The molecule has 1 aliphatic carbocycles. The summed E-state index contributed by atoms with van der Waals surface area (Å²) in [6.45, 7) is 6.07. The standard InChI is InChI=1S/C26H36N2O2/c29-26(19-27-15-17-28(18-16-27)25-9-5-2-6-10-25)21-30-20-22-11-13-24(14-12-22)23-7-3-1-4-8-23/h1,3-4,7-8,11-14,25-26,29H,2,5-6,9-10,15-21H2. The van der Waals surface area contributed by atoms with E-state index in [-0.39, 0.29) is 0 Å². The second-order valence-electron chi connectivity index (χ2n) is 8.86. The first-order valence-electron chi connectivity index (χ1n) is 11.6. The lowest BCUT2D eigenvalue weighted by atomic mass is 9.94. The first-order chi connectivity index (χ1) is 14.8. The second-order valence-corrected chi connectivity index (χ2v) is 8.86. The molecule has 0 aromatic heterocycles. The summed E-state index contributed by atoms with van der Waals surface area (Å²) in [5, 5.41) is 10.4. The van der Waals surface area contributed by atoms with Crippen LogP contribution in [0, 0.1) is 0 Å². The summed E-state index contributed by atoms with van der Waals surface area (Å²) in [6, 6.07) is 19.7. The molecule has 1 heterocycles. The molecule has 30 heavy (non-hydrogen) atoms. The maximum Gasteiger partial charge on any atom is 0.0900 e. The van der Waals surface area contributed by atoms with Crippen LogP contribution < -0.4 is 0 Å². The Morgan fingerprint density at radius 3 is 2.20 bits per heavy atom. The van der Waals surface area contributed by atoms with E-state index < -0.39 is 6.10 Å². The van der Waals surface area contributed by atoms with E-state index in [2.05, 4.69) is 58.3 Å². The fourth-order valence-corrected chi connectivity index (χ4v) is 4.84. The van der Waals surface area contributed by atoms with Crippen molar-refractivity contribution >= 4 is 0 Å². The normalized spacial score (nSPS) is 20.3. The quantitative estimate of drug-likeness (QED) is 0.711. The summed E-state index contributed by atoms with van der Waals surface area (Å²) in [5.41, 5.74) is 3.58. The van der Waals surface area contributed by atoms with Crippen LogP contribution in [-0.4, -0.2) is 66.4 Å². The number of piperazine rings is 1. The fraction of sp³-hybridized carbons (Fsp3) is 0.538. The van der Waals surface area contributed by atoms with Crippen molar-refractivity contribution in [2.24, 2.45) is 0 Å². The van der Waals surface area contributed by atoms with Gasteiger partial charge in [-0.3, -0.25) is 9.80 Å². The number of nitrogens with zero attached hydrogens (tertiary/aromatic N) is 2. The van der Waals surface area contributed by atoms with Crippen molar-refractivity contribution < 1.29 is 9.84 Å². The third kappa shape index (κ3) is 6.14. The van der Waals surface area contributed by atoms with E-state index >= 15 is 0 Å². The Morgan fingerprint density at radius 1 is 0.833 bits per heavy atom. The minimum Gasteiger partial charge on any atom is -0.389 e. The van der Waals surface area contributed by atoms with E-state index in [4.69, 9.17) is 4.74 Å². The molecule has 4 rings (SSSR count). The highest BCUT2D eigenvalue weighted by Crippen LogP contribution is 2.23. The van der Waals surface area contributed by atoms with E-state index in [0.717, 1.165) is 37.8 Å². The van der Waals surface area contributed by atoms with Crippen molar-refractivity contribution in [3.05, 3.63) is 60.2 Å². The molecule has 0 spiro atoms. The van der Waals surface area contributed by atoms with Gasteiger partial charge < -0.3 is 9.84 Å². The van der Waals surface area contributed by atoms with Gasteiger partial charge in [0, 0.05) is 38.8 Å². The van der Waals surface area contributed by atoms with Crippen molar-refractivity contribution in [3.8, 4) is 11.1 Å². The minimum atomic E-state index is -0.421. The average Bonchev–Trinajstić information content (AvgIpc) is 2.81. The summed E-state index contributed by atoms with van der Waals surface area (Å²) in [6.07, 6.45) is 6.55. The van der Waals surface area contributed by atoms with Crippen LogP contribution in [0.5, 0.6) is 0 Å². The van der Waals surface area contributed by atoms with Gasteiger partial charge in [0.05, 0.1) is 19.3 Å². The van der Waals surface area contributed by atoms with Gasteiger partial charge >= 0.3 is 0 Å². The van der Waals surface area contributed by atoms with Gasteiger partial charge in [-0.25, -0.2) is 0 Å². The number of β-amino-alcohol motifs (C(OH)–C–C–N with tert-alkyl or cyclic N) is 1. The molecule has 4 heteroatoms. The van der Waals surface area contributed by atoms with Crippen LogP contribution in [0.3, 0.4) is 0 Å². The number of hydrogen-bond acceptors (Lipinski definition) is 4. The molecule has 1 saturated heterocycles. The summed E-state index contributed by atoms with van der Waals surface area (Å²) in [7, 11) is 0. The predicted octanol–water partition coefficient (Wildman–Crippen LogP) is 4.18. The molecule has 1 atom stereocenters. The summed E-state index contributed by atoms with van der Waals surface area (Å²) < 4.78 is 5.80. The van der Waals surface area contributed by atoms with Gasteiger partial charge in [0.25, 0.3) is 0 Å². The molecule has 1 N–H and O–H groups in total. The van der Waals surface area contributed by atoms with Gasteiger partial charge in [0.1, 0.15) is 0 Å². The zero-order valence-corrected chi connectivity index (χ0v) is 18.1. The van der Waals surface area contributed by atoms with E-state index in [1.807, 2.05) is 6.07 Å². The molecule has 2 aromatic carbocycles. The second kappa shape index (κ2) is 11.1. The van der Waals surface area contributed by atoms with Crippen molar-refractivity contribution in [2.45, 2.75) is 50.9 Å². The molecule has 1 aliphatic heterocycles. The van der Waals surface area contributed by atoms with Crippen LogP contribution in [-0.2, 0) is 11.3 Å². The molecule has 0 amide bonds. The Hall–Kier alpha value is -1.72. The zero-order chi connectivity index (χ0) is 20.6. The number of hydrogen-bond donors (Lipinski definition) is 1. The predicted molar refractivity (Wildman–Crippen MR) is 122 cm³/mol. The van der Waals surface area contributed by atoms with Crippen molar-refractivity contribution in [1.29, 1.82) is 0 Å². The van der Waals surface area contributed by atoms with Gasteiger partial charge in [-0.15, -0.1) is 0 Å². The van der Waals surface area contributed by atoms with Gasteiger partial charge in [-0.05, 0) is 29.5 Å². The van der Waals surface area contributed by atoms with E-state index in [0.29, 0.717) is 19.8 Å². The smallest absolute Gasteiger partial charge is 0.0900 e. The highest BCUT2D eigenvalue weighted by molar-refractivity contribution is 5.63. The topological polar surface area (TPSA) is 35.9 Å². The lowest BCUT2D eigenvalue weighted by Gasteiger charge is -2.41. The molecule has 2 aliphatic rings. The molecule has 1 unspecified atom stereocenters. The Labute approximate surface area is 181 Å². The largest absolute Gasteiger partial charge is 0.389 e. The highest BCUT2D eigenvalue weighted by atomic mass is 16.5. The Balaban J connectivity index is 1.14. The van der Waals surface area contributed by atoms with Crippen LogP contribution in [0.15, 0.2) is 54.6 Å². The van der Waals surface area contributed by atoms with E-state index in [9.17, 15) is 5.11 Å². The Kier molecular flexibility index (Phi) is 7.93. The number of aliphatic hydroxyl groups excluding tert-OH is 1. The Bertz CT molecular complexity index is 735. The van der Waals surface area contributed by atoms with Crippen molar-refractivity contribution in [2.75, 3.05) is 39.3 Å². The van der Waals surface area contributed by atoms with Crippen LogP contribution in [0.1, 0.15) is 37.7 Å². The van der Waals surface area contributed by atoms with Gasteiger partial charge in [-0.1, -0.05) is 73.9 Å². The minimum absolute atomic E-state index is 0.392. The van der Waals surface area contributed by atoms with Gasteiger partial charge in [0.2, 0.25) is 0 Å². The van der Waals surface area contributed by atoms with Gasteiger partial charge in [0.15, 0.2) is 0 Å². The molecule has 1 saturated carbocycles. The van der Waals surface area contributed by atoms with Crippen molar-refractivity contribution in [1.82, 2.24) is 9.80 Å². The molecule has 0 bridgehead atoms. The van der Waals surface area contributed by atoms with Crippen LogP contribution in [0.25, 0.3) is 11.1 Å². The van der Waals surface area contributed by atoms with Gasteiger partial charge in [-0.2, -0.15) is 0 Å². The fourth-order valence-electron chi connectivity index (χ4n) is 4.84. The summed E-state index contributed by atoms with van der Waals surface area (Å²) >= 11 is 0. The molecule has 2 fully saturated rings. The lowest BCUT2D eigenvalue weighted by Crippen LogP contribution is -2.52. The van der Waals surface area contributed by atoms with E-state index in [1.165, 1.54) is 43.2 Å². The van der Waals surface area contributed by atoms with Crippen LogP contribution >= 0.6 is 0 Å². The number of ether oxygens (including phenoxy) is 1. The van der Waals surface area contributed by atoms with Crippen molar-refractivity contribution in [3.63, 3.8) is 0 Å². The monoisotopic (exact) mass is 408 g/mol. The first-order valence-corrected chi connectivity index (χ1v) is 11.6. The first kappa shape index (κ1) is 21.5. The number of rotatable bonds is 8. The molecule has 0 radical (unpaired) electrons. The maximum atomic E-state index is 10.4. The summed E-state index contributed by atoms with van der Waals surface area (Å²) in [5.74, 6) is 0. The number of aliphatic hydroxyl groups is 1. The highest BCUT2D eigenvalue weighted by Gasteiger charge is 2.25. The summed E-state index contributed by atoms with van der Waals surface area (Å²) in [4.78, 5) is 5.07. The number of benzene rings is 2. The van der Waals surface area contributed by atoms with Crippen LogP contribution in [0.2, 0.25) is 0 Å². The third-order valence-corrected chi connectivity index (χ3v) is 6.61. The maximum absolute atomic E-state index is 10.4. The molecular weight excluding hydrogens is 372 g/mol. The Morgan fingerprint density at radius 2 is 1.50 bits per heavy atom. The lowest BCUT2D eigenvalue weighted by molar-refractivity contribution is -0.00361. The molecule has 4 nitrogen and oxygen atoms in total. The average molecular weight is 409 g/mol.